The van der Waals surface area contributed by atoms with Crippen molar-refractivity contribution in [2.75, 3.05) is 6.54 Å². The Bertz CT molecular complexity index is 299. The third-order valence-corrected chi connectivity index (χ3v) is 4.41. The van der Waals surface area contributed by atoms with E-state index >= 15 is 0 Å². The maximum atomic E-state index is 12.1. The maximum absolute atomic E-state index is 12.1. The number of hydrogen-bond acceptors (Lipinski definition) is 2. The molecule has 4 heteroatoms. The average molecular weight is 252 g/mol. The second kappa shape index (κ2) is 6.21. The summed E-state index contributed by atoms with van der Waals surface area (Å²) in [5.41, 5.74) is 0. The zero-order valence-corrected chi connectivity index (χ0v) is 11.2. The van der Waals surface area contributed by atoms with Gasteiger partial charge in [0.1, 0.15) is 0 Å². The number of carbonyl (C=O) groups excluding carboxylic acids is 2. The number of piperidine rings is 1. The lowest BCUT2D eigenvalue weighted by atomic mass is 9.84. The zero-order valence-electron chi connectivity index (χ0n) is 11.2. The van der Waals surface area contributed by atoms with Crippen LogP contribution in [0.3, 0.4) is 0 Å². The van der Waals surface area contributed by atoms with Gasteiger partial charge in [-0.05, 0) is 38.0 Å². The maximum Gasteiger partial charge on any atom is 0.225 e. The van der Waals surface area contributed by atoms with Gasteiger partial charge < -0.3 is 10.6 Å². The third-order valence-electron chi connectivity index (χ3n) is 4.41. The molecule has 2 rings (SSSR count). The Labute approximate surface area is 109 Å². The van der Waals surface area contributed by atoms with Crippen molar-refractivity contribution >= 4 is 11.8 Å². The summed E-state index contributed by atoms with van der Waals surface area (Å²) in [6.07, 6.45) is 7.15. The fourth-order valence-electron chi connectivity index (χ4n) is 2.99. The Morgan fingerprint density at radius 2 is 2.00 bits per heavy atom. The van der Waals surface area contributed by atoms with Gasteiger partial charge in [0.15, 0.2) is 0 Å². The van der Waals surface area contributed by atoms with Gasteiger partial charge in [-0.2, -0.15) is 0 Å². The predicted octanol–water partition coefficient (Wildman–Crippen LogP) is 1.60. The highest BCUT2D eigenvalue weighted by Gasteiger charge is 2.27. The summed E-state index contributed by atoms with van der Waals surface area (Å²) < 4.78 is 0. The molecule has 2 N–H and O–H groups in total. The zero-order chi connectivity index (χ0) is 13.0. The molecule has 2 fully saturated rings. The van der Waals surface area contributed by atoms with Crippen LogP contribution >= 0.6 is 0 Å². The van der Waals surface area contributed by atoms with Crippen LogP contribution in [0.2, 0.25) is 0 Å². The molecular formula is C14H24N2O2. The van der Waals surface area contributed by atoms with Gasteiger partial charge in [0.2, 0.25) is 11.8 Å². The number of amides is 2. The SMILES string of the molecule is CCC1CCC(NC(=O)C2CCC(=O)NC2)CC1. The van der Waals surface area contributed by atoms with E-state index in [0.717, 1.165) is 18.8 Å². The Hall–Kier alpha value is -1.06. The van der Waals surface area contributed by atoms with Crippen LogP contribution in [0.4, 0.5) is 0 Å². The Morgan fingerprint density at radius 3 is 2.56 bits per heavy atom. The lowest BCUT2D eigenvalue weighted by Crippen LogP contribution is -2.46. The molecule has 4 nitrogen and oxygen atoms in total. The van der Waals surface area contributed by atoms with Crippen LogP contribution in [0.15, 0.2) is 0 Å². The van der Waals surface area contributed by atoms with Crippen molar-refractivity contribution in [1.82, 2.24) is 10.6 Å². The first-order valence-corrected chi connectivity index (χ1v) is 7.26. The average Bonchev–Trinajstić information content (AvgIpc) is 2.40. The van der Waals surface area contributed by atoms with Gasteiger partial charge in [0.25, 0.3) is 0 Å². The molecule has 0 aromatic carbocycles. The van der Waals surface area contributed by atoms with Gasteiger partial charge in [0.05, 0.1) is 5.92 Å². The molecule has 0 aromatic rings. The van der Waals surface area contributed by atoms with Crippen LogP contribution in [0, 0.1) is 11.8 Å². The molecule has 1 saturated carbocycles. The second-order valence-corrected chi connectivity index (χ2v) is 5.67. The van der Waals surface area contributed by atoms with Gasteiger partial charge in [-0.3, -0.25) is 9.59 Å². The van der Waals surface area contributed by atoms with E-state index in [1.165, 1.54) is 19.3 Å². The van der Waals surface area contributed by atoms with Crippen molar-refractivity contribution in [3.05, 3.63) is 0 Å². The third kappa shape index (κ3) is 3.47. The van der Waals surface area contributed by atoms with Crippen LogP contribution in [-0.2, 0) is 9.59 Å². The van der Waals surface area contributed by atoms with Crippen LogP contribution in [0.25, 0.3) is 0 Å². The molecule has 2 amide bonds. The highest BCUT2D eigenvalue weighted by Crippen LogP contribution is 2.26. The first-order valence-electron chi connectivity index (χ1n) is 7.26. The largest absolute Gasteiger partial charge is 0.355 e. The number of rotatable bonds is 3. The van der Waals surface area contributed by atoms with E-state index < -0.39 is 0 Å². The van der Waals surface area contributed by atoms with Crippen molar-refractivity contribution in [3.8, 4) is 0 Å². The Morgan fingerprint density at radius 1 is 1.28 bits per heavy atom. The van der Waals surface area contributed by atoms with Crippen LogP contribution in [-0.4, -0.2) is 24.4 Å². The molecule has 1 heterocycles. The fraction of sp³-hybridized carbons (Fsp3) is 0.857. The summed E-state index contributed by atoms with van der Waals surface area (Å²) in [5, 5.41) is 5.92. The molecule has 18 heavy (non-hydrogen) atoms. The summed E-state index contributed by atoms with van der Waals surface area (Å²) in [6.45, 7) is 2.75. The minimum atomic E-state index is -0.0217. The standard InChI is InChI=1S/C14H24N2O2/c1-2-10-3-6-12(7-4-10)16-14(18)11-5-8-13(17)15-9-11/h10-12H,2-9H2,1H3,(H,15,17)(H,16,18). The predicted molar refractivity (Wildman–Crippen MR) is 69.9 cm³/mol. The summed E-state index contributed by atoms with van der Waals surface area (Å²) >= 11 is 0. The lowest BCUT2D eigenvalue weighted by Gasteiger charge is -2.30. The van der Waals surface area contributed by atoms with Crippen molar-refractivity contribution in [2.45, 2.75) is 57.9 Å². The van der Waals surface area contributed by atoms with Crippen molar-refractivity contribution in [2.24, 2.45) is 11.8 Å². The molecule has 1 aliphatic carbocycles. The van der Waals surface area contributed by atoms with E-state index in [1.807, 2.05) is 0 Å². The Kier molecular flexibility index (Phi) is 4.61. The van der Waals surface area contributed by atoms with Gasteiger partial charge in [-0.15, -0.1) is 0 Å². The molecule has 1 aliphatic heterocycles. The Balaban J connectivity index is 1.73. The minimum Gasteiger partial charge on any atom is -0.355 e. The molecule has 0 spiro atoms. The van der Waals surface area contributed by atoms with Crippen molar-refractivity contribution in [3.63, 3.8) is 0 Å². The van der Waals surface area contributed by atoms with E-state index in [-0.39, 0.29) is 17.7 Å². The van der Waals surface area contributed by atoms with Gasteiger partial charge >= 0.3 is 0 Å². The van der Waals surface area contributed by atoms with E-state index in [0.29, 0.717) is 25.4 Å². The number of nitrogens with one attached hydrogen (secondary N) is 2. The van der Waals surface area contributed by atoms with Crippen molar-refractivity contribution < 1.29 is 9.59 Å². The topological polar surface area (TPSA) is 58.2 Å². The van der Waals surface area contributed by atoms with Gasteiger partial charge in [-0.1, -0.05) is 13.3 Å². The van der Waals surface area contributed by atoms with Gasteiger partial charge in [0, 0.05) is 19.0 Å². The summed E-state index contributed by atoms with van der Waals surface area (Å²) in [7, 11) is 0. The molecule has 102 valence electrons. The van der Waals surface area contributed by atoms with Gasteiger partial charge in [-0.25, -0.2) is 0 Å². The van der Waals surface area contributed by atoms with E-state index in [9.17, 15) is 9.59 Å². The molecule has 1 unspecified atom stereocenters. The lowest BCUT2D eigenvalue weighted by molar-refractivity contribution is -0.129. The molecular weight excluding hydrogens is 228 g/mol. The van der Waals surface area contributed by atoms with E-state index in [2.05, 4.69) is 17.6 Å². The molecule has 0 aromatic heterocycles. The summed E-state index contributed by atoms with van der Waals surface area (Å²) in [4.78, 5) is 23.1. The first kappa shape index (κ1) is 13.4. The highest BCUT2D eigenvalue weighted by atomic mass is 16.2. The highest BCUT2D eigenvalue weighted by molar-refractivity contribution is 5.83. The van der Waals surface area contributed by atoms with Crippen LogP contribution in [0.1, 0.15) is 51.9 Å². The minimum absolute atomic E-state index is 0.0217. The van der Waals surface area contributed by atoms with Crippen LogP contribution < -0.4 is 10.6 Å². The molecule has 1 saturated heterocycles. The number of hydrogen-bond donors (Lipinski definition) is 2. The molecule has 1 atom stereocenters. The first-order chi connectivity index (χ1) is 8.69. The smallest absolute Gasteiger partial charge is 0.225 e. The molecule has 0 radical (unpaired) electrons. The fourth-order valence-corrected chi connectivity index (χ4v) is 2.99. The second-order valence-electron chi connectivity index (χ2n) is 5.67. The monoisotopic (exact) mass is 252 g/mol. The van der Waals surface area contributed by atoms with E-state index in [4.69, 9.17) is 0 Å². The number of carbonyl (C=O) groups is 2. The summed E-state index contributed by atoms with van der Waals surface area (Å²) in [6, 6.07) is 0.359. The molecule has 2 aliphatic rings. The van der Waals surface area contributed by atoms with Crippen molar-refractivity contribution in [1.29, 1.82) is 0 Å². The summed E-state index contributed by atoms with van der Waals surface area (Å²) in [5.74, 6) is 1.04. The normalized spacial score (nSPS) is 32.7. The van der Waals surface area contributed by atoms with E-state index in [1.54, 1.807) is 0 Å². The molecule has 0 bridgehead atoms. The van der Waals surface area contributed by atoms with Crippen LogP contribution in [0.5, 0.6) is 0 Å². The quantitative estimate of drug-likeness (QED) is 0.801.